The number of hydrogen-bond acceptors (Lipinski definition) is 3. The van der Waals surface area contributed by atoms with Gasteiger partial charge in [-0.1, -0.05) is 0 Å². The van der Waals surface area contributed by atoms with Gasteiger partial charge in [0.15, 0.2) is 0 Å². The van der Waals surface area contributed by atoms with Gasteiger partial charge in [0.05, 0.1) is 12.6 Å². The molecular weight excluding hydrogens is 164 g/mol. The number of hydrogen-bond donors (Lipinski definition) is 0. The normalized spacial score (nSPS) is 10.3. The Hall–Kier alpha value is -1.64. The first kappa shape index (κ1) is 7.98. The summed E-state index contributed by atoms with van der Waals surface area (Å²) >= 11 is 0. The molecule has 0 spiro atoms. The van der Waals surface area contributed by atoms with Gasteiger partial charge in [-0.25, -0.2) is 9.97 Å². The molecule has 0 amide bonds. The van der Waals surface area contributed by atoms with Crippen molar-refractivity contribution >= 4 is 10.9 Å². The van der Waals surface area contributed by atoms with E-state index < -0.39 is 0 Å². The summed E-state index contributed by atoms with van der Waals surface area (Å²) in [6.07, 6.45) is 1.81. The van der Waals surface area contributed by atoms with Crippen molar-refractivity contribution in [1.82, 2.24) is 9.97 Å². The van der Waals surface area contributed by atoms with Crippen LogP contribution in [0.15, 0.2) is 24.4 Å². The van der Waals surface area contributed by atoms with Crippen LogP contribution in [0.3, 0.4) is 0 Å². The second-order valence-electron chi connectivity index (χ2n) is 2.84. The summed E-state index contributed by atoms with van der Waals surface area (Å²) in [5.41, 5.74) is 0.952. The van der Waals surface area contributed by atoms with Gasteiger partial charge < -0.3 is 4.74 Å². The number of nitrogens with zero attached hydrogens (tertiary/aromatic N) is 2. The van der Waals surface area contributed by atoms with E-state index in [2.05, 4.69) is 9.97 Å². The topological polar surface area (TPSA) is 35.0 Å². The lowest BCUT2D eigenvalue weighted by atomic mass is 10.2. The Morgan fingerprint density at radius 3 is 2.92 bits per heavy atom. The predicted molar refractivity (Wildman–Crippen MR) is 50.8 cm³/mol. The highest BCUT2D eigenvalue weighted by Crippen LogP contribution is 2.17. The maximum atomic E-state index is 5.10. The Kier molecular flexibility index (Phi) is 1.85. The van der Waals surface area contributed by atoms with Crippen LogP contribution in [-0.2, 0) is 0 Å². The monoisotopic (exact) mass is 174 g/mol. The van der Waals surface area contributed by atoms with Gasteiger partial charge >= 0.3 is 0 Å². The van der Waals surface area contributed by atoms with E-state index in [-0.39, 0.29) is 0 Å². The number of rotatable bonds is 1. The molecule has 0 fully saturated rings. The lowest BCUT2D eigenvalue weighted by molar-refractivity contribution is 0.415. The maximum absolute atomic E-state index is 5.10. The zero-order valence-corrected chi connectivity index (χ0v) is 7.61. The first-order chi connectivity index (χ1) is 6.29. The van der Waals surface area contributed by atoms with Crippen molar-refractivity contribution in [1.29, 1.82) is 0 Å². The van der Waals surface area contributed by atoms with Gasteiger partial charge in [-0.3, -0.25) is 0 Å². The summed E-state index contributed by atoms with van der Waals surface area (Å²) in [5.74, 6) is 1.62. The summed E-state index contributed by atoms with van der Waals surface area (Å²) in [4.78, 5) is 8.40. The molecule has 0 saturated carbocycles. The number of benzene rings is 1. The SMILES string of the molecule is COc1ccc2nc(C)ncc2c1. The molecule has 1 aromatic heterocycles. The second-order valence-corrected chi connectivity index (χ2v) is 2.84. The van der Waals surface area contributed by atoms with Gasteiger partial charge in [-0.2, -0.15) is 0 Å². The molecule has 0 unspecified atom stereocenters. The number of ether oxygens (including phenoxy) is 1. The lowest BCUT2D eigenvalue weighted by Crippen LogP contribution is -1.88. The fraction of sp³-hybridized carbons (Fsp3) is 0.200. The molecule has 0 radical (unpaired) electrons. The first-order valence-corrected chi connectivity index (χ1v) is 4.07. The summed E-state index contributed by atoms with van der Waals surface area (Å²) in [7, 11) is 1.65. The van der Waals surface area contributed by atoms with Crippen LogP contribution in [0, 0.1) is 6.92 Å². The Morgan fingerprint density at radius 2 is 2.15 bits per heavy atom. The van der Waals surface area contributed by atoms with Gasteiger partial charge in [0.25, 0.3) is 0 Å². The van der Waals surface area contributed by atoms with Crippen molar-refractivity contribution in [2.75, 3.05) is 7.11 Å². The Labute approximate surface area is 76.4 Å². The van der Waals surface area contributed by atoms with Crippen LogP contribution in [0.5, 0.6) is 5.75 Å². The van der Waals surface area contributed by atoms with Crippen LogP contribution in [0.1, 0.15) is 5.82 Å². The van der Waals surface area contributed by atoms with Crippen LogP contribution in [0.2, 0.25) is 0 Å². The highest BCUT2D eigenvalue weighted by atomic mass is 16.5. The molecule has 0 saturated heterocycles. The molecule has 0 N–H and O–H groups in total. The van der Waals surface area contributed by atoms with Crippen molar-refractivity contribution in [3.05, 3.63) is 30.2 Å². The summed E-state index contributed by atoms with van der Waals surface area (Å²) in [6.45, 7) is 1.88. The van der Waals surface area contributed by atoms with E-state index in [1.807, 2.05) is 25.1 Å². The van der Waals surface area contributed by atoms with Crippen LogP contribution in [-0.4, -0.2) is 17.1 Å². The van der Waals surface area contributed by atoms with Crippen molar-refractivity contribution in [2.24, 2.45) is 0 Å². The third-order valence-corrected chi connectivity index (χ3v) is 1.91. The van der Waals surface area contributed by atoms with E-state index >= 15 is 0 Å². The molecule has 2 rings (SSSR count). The average Bonchev–Trinajstić information content (AvgIpc) is 2.17. The van der Waals surface area contributed by atoms with Crippen molar-refractivity contribution in [2.45, 2.75) is 6.92 Å². The molecule has 2 aromatic rings. The van der Waals surface area contributed by atoms with E-state index in [0.29, 0.717) is 0 Å². The summed E-state index contributed by atoms with van der Waals surface area (Å²) in [5, 5.41) is 1.00. The molecule has 3 heteroatoms. The molecule has 0 atom stereocenters. The van der Waals surface area contributed by atoms with E-state index in [0.717, 1.165) is 22.5 Å². The van der Waals surface area contributed by atoms with E-state index in [1.54, 1.807) is 13.3 Å². The van der Waals surface area contributed by atoms with E-state index in [4.69, 9.17) is 4.74 Å². The molecule has 0 aliphatic rings. The molecule has 3 nitrogen and oxygen atoms in total. The smallest absolute Gasteiger partial charge is 0.125 e. The summed E-state index contributed by atoms with van der Waals surface area (Å²) < 4.78 is 5.10. The molecular formula is C10H10N2O. The third kappa shape index (κ3) is 1.45. The zero-order valence-electron chi connectivity index (χ0n) is 7.61. The predicted octanol–water partition coefficient (Wildman–Crippen LogP) is 1.95. The number of aryl methyl sites for hydroxylation is 1. The van der Waals surface area contributed by atoms with Gasteiger partial charge in [0.2, 0.25) is 0 Å². The zero-order chi connectivity index (χ0) is 9.26. The fourth-order valence-corrected chi connectivity index (χ4v) is 1.23. The highest BCUT2D eigenvalue weighted by Gasteiger charge is 1.97. The first-order valence-electron chi connectivity index (χ1n) is 4.07. The largest absolute Gasteiger partial charge is 0.497 e. The number of aromatic nitrogens is 2. The Balaban J connectivity index is 2.66. The summed E-state index contributed by atoms with van der Waals surface area (Å²) in [6, 6.07) is 5.76. The van der Waals surface area contributed by atoms with Crippen LogP contribution >= 0.6 is 0 Å². The molecule has 0 bridgehead atoms. The van der Waals surface area contributed by atoms with E-state index in [9.17, 15) is 0 Å². The average molecular weight is 174 g/mol. The minimum absolute atomic E-state index is 0.790. The molecule has 1 heterocycles. The minimum atomic E-state index is 0.790. The Bertz CT molecular complexity index is 440. The molecule has 1 aromatic carbocycles. The lowest BCUT2D eigenvalue weighted by Gasteiger charge is -2.01. The minimum Gasteiger partial charge on any atom is -0.497 e. The van der Waals surface area contributed by atoms with Crippen LogP contribution in [0.25, 0.3) is 10.9 Å². The highest BCUT2D eigenvalue weighted by molar-refractivity contribution is 5.79. The molecule has 0 aliphatic carbocycles. The van der Waals surface area contributed by atoms with Gasteiger partial charge in [-0.05, 0) is 25.1 Å². The molecule has 13 heavy (non-hydrogen) atoms. The van der Waals surface area contributed by atoms with Gasteiger partial charge in [0, 0.05) is 11.6 Å². The second kappa shape index (κ2) is 3.01. The van der Waals surface area contributed by atoms with Crippen LogP contribution < -0.4 is 4.74 Å². The Morgan fingerprint density at radius 1 is 1.31 bits per heavy atom. The van der Waals surface area contributed by atoms with Crippen LogP contribution in [0.4, 0.5) is 0 Å². The van der Waals surface area contributed by atoms with Gasteiger partial charge in [-0.15, -0.1) is 0 Å². The number of fused-ring (bicyclic) bond motifs is 1. The van der Waals surface area contributed by atoms with Crippen molar-refractivity contribution in [3.8, 4) is 5.75 Å². The third-order valence-electron chi connectivity index (χ3n) is 1.91. The standard InChI is InChI=1S/C10H10N2O/c1-7-11-6-8-5-9(13-2)3-4-10(8)12-7/h3-6H,1-2H3. The fourth-order valence-electron chi connectivity index (χ4n) is 1.23. The van der Waals surface area contributed by atoms with Crippen molar-refractivity contribution < 1.29 is 4.74 Å². The quantitative estimate of drug-likeness (QED) is 0.662. The number of methoxy groups -OCH3 is 1. The van der Waals surface area contributed by atoms with E-state index in [1.165, 1.54) is 0 Å². The van der Waals surface area contributed by atoms with Gasteiger partial charge in [0.1, 0.15) is 11.6 Å². The molecule has 0 aliphatic heterocycles. The van der Waals surface area contributed by atoms with Crippen molar-refractivity contribution in [3.63, 3.8) is 0 Å². The molecule has 66 valence electrons. The maximum Gasteiger partial charge on any atom is 0.125 e.